The van der Waals surface area contributed by atoms with Gasteiger partial charge < -0.3 is 11.5 Å². The highest BCUT2D eigenvalue weighted by molar-refractivity contribution is 7.98. The van der Waals surface area contributed by atoms with Crippen LogP contribution in [-0.4, -0.2) is 12.2 Å². The van der Waals surface area contributed by atoms with Crippen molar-refractivity contribution in [3.63, 3.8) is 0 Å². The number of benzene rings is 1. The molecule has 4 N–H and O–H groups in total. The van der Waals surface area contributed by atoms with Gasteiger partial charge in [-0.25, -0.2) is 0 Å². The van der Waals surface area contributed by atoms with Crippen molar-refractivity contribution in [1.29, 1.82) is 0 Å². The third-order valence-electron chi connectivity index (χ3n) is 1.78. The van der Waals surface area contributed by atoms with Crippen LogP contribution in [0, 0.1) is 0 Å². The highest BCUT2D eigenvalue weighted by atomic mass is 32.2. The summed E-state index contributed by atoms with van der Waals surface area (Å²) in [4.78, 5) is 11.9. The van der Waals surface area contributed by atoms with E-state index >= 15 is 0 Å². The van der Waals surface area contributed by atoms with Crippen LogP contribution in [0.2, 0.25) is 0 Å². The number of nitrogens with two attached hydrogens (primary N) is 2. The van der Waals surface area contributed by atoms with Crippen molar-refractivity contribution in [2.75, 3.05) is 6.26 Å². The van der Waals surface area contributed by atoms with Crippen molar-refractivity contribution in [1.82, 2.24) is 0 Å². The molecule has 0 aromatic heterocycles. The van der Waals surface area contributed by atoms with Crippen molar-refractivity contribution in [3.05, 3.63) is 29.8 Å². The van der Waals surface area contributed by atoms with Crippen molar-refractivity contribution >= 4 is 17.7 Å². The lowest BCUT2D eigenvalue weighted by Crippen LogP contribution is -2.28. The Morgan fingerprint density at radius 1 is 1.38 bits per heavy atom. The molecule has 1 amide bonds. The quantitative estimate of drug-likeness (QED) is 0.705. The molecule has 1 atom stereocenters. The van der Waals surface area contributed by atoms with Gasteiger partial charge in [0.25, 0.3) is 0 Å². The van der Waals surface area contributed by atoms with E-state index in [1.807, 2.05) is 30.5 Å². The number of thioether (sulfide) groups is 1. The van der Waals surface area contributed by atoms with Crippen molar-refractivity contribution in [2.24, 2.45) is 11.5 Å². The van der Waals surface area contributed by atoms with Crippen molar-refractivity contribution in [3.8, 4) is 0 Å². The first-order valence-corrected chi connectivity index (χ1v) is 5.06. The summed E-state index contributed by atoms with van der Waals surface area (Å²) in [5.41, 5.74) is 11.4. The summed E-state index contributed by atoms with van der Waals surface area (Å²) < 4.78 is 0. The Labute approximate surface area is 81.5 Å². The average molecular weight is 196 g/mol. The minimum Gasteiger partial charge on any atom is -0.368 e. The van der Waals surface area contributed by atoms with Gasteiger partial charge in [0.2, 0.25) is 5.91 Å². The smallest absolute Gasteiger partial charge is 0.238 e. The molecule has 1 rings (SSSR count). The van der Waals surface area contributed by atoms with Crippen LogP contribution in [0.25, 0.3) is 0 Å². The van der Waals surface area contributed by atoms with Gasteiger partial charge in [0, 0.05) is 4.90 Å². The Morgan fingerprint density at radius 3 is 2.31 bits per heavy atom. The second-order valence-corrected chi connectivity index (χ2v) is 3.53. The van der Waals surface area contributed by atoms with Crippen LogP contribution in [0.1, 0.15) is 11.6 Å². The van der Waals surface area contributed by atoms with Crippen molar-refractivity contribution < 1.29 is 4.79 Å². The molecule has 1 aromatic rings. The minimum absolute atomic E-state index is 0.503. The number of amides is 1. The Morgan fingerprint density at radius 2 is 1.92 bits per heavy atom. The van der Waals surface area contributed by atoms with E-state index in [1.165, 1.54) is 0 Å². The van der Waals surface area contributed by atoms with Gasteiger partial charge in [-0.15, -0.1) is 11.8 Å². The molecule has 0 radical (unpaired) electrons. The van der Waals surface area contributed by atoms with E-state index in [0.717, 1.165) is 10.5 Å². The molecule has 0 aliphatic carbocycles. The number of hydrogen-bond donors (Lipinski definition) is 2. The Hall–Kier alpha value is -1.00. The maximum absolute atomic E-state index is 10.7. The third-order valence-corrected chi connectivity index (χ3v) is 2.53. The van der Waals surface area contributed by atoms with Crippen LogP contribution >= 0.6 is 11.8 Å². The van der Waals surface area contributed by atoms with Gasteiger partial charge in [0.15, 0.2) is 0 Å². The number of primary amides is 1. The molecule has 0 aliphatic heterocycles. The molecule has 3 nitrogen and oxygen atoms in total. The molecular weight excluding hydrogens is 184 g/mol. The SMILES string of the molecule is CSc1ccc(C(N)C(N)=O)cc1. The fourth-order valence-electron chi connectivity index (χ4n) is 0.976. The van der Waals surface area contributed by atoms with Crippen LogP contribution in [-0.2, 0) is 4.79 Å². The molecule has 13 heavy (non-hydrogen) atoms. The molecule has 4 heteroatoms. The zero-order valence-electron chi connectivity index (χ0n) is 7.36. The molecule has 0 aliphatic rings. The lowest BCUT2D eigenvalue weighted by Gasteiger charge is -2.07. The molecule has 0 saturated heterocycles. The van der Waals surface area contributed by atoms with E-state index in [0.29, 0.717) is 0 Å². The lowest BCUT2D eigenvalue weighted by molar-refractivity contribution is -0.119. The molecule has 0 bridgehead atoms. The van der Waals surface area contributed by atoms with Crippen molar-refractivity contribution in [2.45, 2.75) is 10.9 Å². The molecule has 1 unspecified atom stereocenters. The molecular formula is C9H12N2OS. The third kappa shape index (κ3) is 2.47. The molecule has 1 aromatic carbocycles. The predicted octanol–water partition coefficient (Wildman–Crippen LogP) is 0.894. The molecule has 0 fully saturated rings. The van der Waals surface area contributed by atoms with Crippen LogP contribution in [0.4, 0.5) is 0 Å². The van der Waals surface area contributed by atoms with Crippen LogP contribution < -0.4 is 11.5 Å². The molecule has 70 valence electrons. The van der Waals surface area contributed by atoms with Gasteiger partial charge in [-0.3, -0.25) is 4.79 Å². The largest absolute Gasteiger partial charge is 0.368 e. The topological polar surface area (TPSA) is 69.1 Å². The average Bonchev–Trinajstić information content (AvgIpc) is 2.17. The van der Waals surface area contributed by atoms with E-state index in [2.05, 4.69) is 0 Å². The van der Waals surface area contributed by atoms with Crippen LogP contribution in [0.15, 0.2) is 29.2 Å². The predicted molar refractivity (Wildman–Crippen MR) is 54.3 cm³/mol. The molecule has 0 spiro atoms. The first-order chi connectivity index (χ1) is 6.15. The number of carbonyl (C=O) groups is 1. The number of hydrogen-bond acceptors (Lipinski definition) is 3. The standard InChI is InChI=1S/C9H12N2OS/c1-13-7-4-2-6(3-5-7)8(10)9(11)12/h2-5,8H,10H2,1H3,(H2,11,12). The summed E-state index contributed by atoms with van der Waals surface area (Å²) in [6, 6.07) is 6.78. The maximum Gasteiger partial charge on any atom is 0.238 e. The van der Waals surface area contributed by atoms with Crippen LogP contribution in [0.5, 0.6) is 0 Å². The Bertz CT molecular complexity index is 297. The fraction of sp³-hybridized carbons (Fsp3) is 0.222. The summed E-state index contributed by atoms with van der Waals surface area (Å²) in [5.74, 6) is -0.503. The lowest BCUT2D eigenvalue weighted by atomic mass is 10.1. The minimum atomic E-state index is -0.698. The van der Waals surface area contributed by atoms with Crippen LogP contribution in [0.3, 0.4) is 0 Å². The van der Waals surface area contributed by atoms with E-state index < -0.39 is 11.9 Å². The first kappa shape index (κ1) is 10.1. The van der Waals surface area contributed by atoms with Gasteiger partial charge in [0.05, 0.1) is 0 Å². The van der Waals surface area contributed by atoms with E-state index in [4.69, 9.17) is 11.5 Å². The molecule has 0 saturated carbocycles. The highest BCUT2D eigenvalue weighted by Gasteiger charge is 2.10. The summed E-state index contributed by atoms with van der Waals surface area (Å²) in [6.45, 7) is 0. The molecule has 0 heterocycles. The summed E-state index contributed by atoms with van der Waals surface area (Å²) in [7, 11) is 0. The second-order valence-electron chi connectivity index (χ2n) is 2.65. The van der Waals surface area contributed by atoms with E-state index in [-0.39, 0.29) is 0 Å². The van der Waals surface area contributed by atoms with Gasteiger partial charge in [0.1, 0.15) is 6.04 Å². The fourth-order valence-corrected chi connectivity index (χ4v) is 1.38. The monoisotopic (exact) mass is 196 g/mol. The van der Waals surface area contributed by atoms with Gasteiger partial charge in [-0.1, -0.05) is 12.1 Å². The van der Waals surface area contributed by atoms with Gasteiger partial charge >= 0.3 is 0 Å². The number of carbonyl (C=O) groups excluding carboxylic acids is 1. The summed E-state index contributed by atoms with van der Waals surface area (Å²) in [6.07, 6.45) is 1.99. The van der Waals surface area contributed by atoms with E-state index in [9.17, 15) is 4.79 Å². The summed E-state index contributed by atoms with van der Waals surface area (Å²) >= 11 is 1.64. The maximum atomic E-state index is 10.7. The Kier molecular flexibility index (Phi) is 3.33. The second kappa shape index (κ2) is 4.30. The zero-order valence-corrected chi connectivity index (χ0v) is 8.17. The highest BCUT2D eigenvalue weighted by Crippen LogP contribution is 2.17. The van der Waals surface area contributed by atoms with E-state index in [1.54, 1.807) is 11.8 Å². The zero-order chi connectivity index (χ0) is 9.84. The normalized spacial score (nSPS) is 12.5. The summed E-state index contributed by atoms with van der Waals surface area (Å²) in [5, 5.41) is 0. The Balaban J connectivity index is 2.85. The van der Waals surface area contributed by atoms with Gasteiger partial charge in [-0.2, -0.15) is 0 Å². The number of rotatable bonds is 3. The first-order valence-electron chi connectivity index (χ1n) is 3.84. The van der Waals surface area contributed by atoms with Gasteiger partial charge in [-0.05, 0) is 24.0 Å².